The maximum Gasteiger partial charge on any atom is 0.187 e. The summed E-state index contributed by atoms with van der Waals surface area (Å²) in [6.45, 7) is 2.58. The molecule has 0 saturated carbocycles. The Morgan fingerprint density at radius 1 is 1.23 bits per heavy atom. The van der Waals surface area contributed by atoms with E-state index in [4.69, 9.17) is 4.74 Å². The van der Waals surface area contributed by atoms with Gasteiger partial charge in [0, 0.05) is 0 Å². The molecule has 0 spiro atoms. The highest BCUT2D eigenvalue weighted by atomic mass is 16.5. The second-order valence-corrected chi connectivity index (χ2v) is 3.82. The molecule has 1 saturated heterocycles. The van der Waals surface area contributed by atoms with Crippen molar-refractivity contribution >= 4 is 5.78 Å². The van der Waals surface area contributed by atoms with Gasteiger partial charge in [-0.3, -0.25) is 4.79 Å². The number of hydrogen-bond acceptors (Lipinski definition) is 2. The molecule has 0 aromatic carbocycles. The Morgan fingerprint density at radius 3 is 2.46 bits per heavy atom. The van der Waals surface area contributed by atoms with Gasteiger partial charge in [0.25, 0.3) is 0 Å². The predicted molar refractivity (Wildman–Crippen MR) is 52.7 cm³/mol. The van der Waals surface area contributed by atoms with Crippen LogP contribution in [0.1, 0.15) is 51.9 Å². The minimum atomic E-state index is -0.0359. The standard InChI is InChI=1S/C11H20O2/c1-2-3-4-5-6-7-8-11-10(12)9-13-11/h11H,2-9H2,1H3/t11-/m0/s1. The van der Waals surface area contributed by atoms with Crippen molar-refractivity contribution in [2.45, 2.75) is 58.0 Å². The quantitative estimate of drug-likeness (QED) is 0.569. The summed E-state index contributed by atoms with van der Waals surface area (Å²) >= 11 is 0. The third-order valence-electron chi connectivity index (χ3n) is 2.61. The van der Waals surface area contributed by atoms with Gasteiger partial charge in [-0.25, -0.2) is 0 Å². The Morgan fingerprint density at radius 2 is 1.92 bits per heavy atom. The van der Waals surface area contributed by atoms with Crippen molar-refractivity contribution in [1.29, 1.82) is 0 Å². The Labute approximate surface area is 80.7 Å². The zero-order valence-corrected chi connectivity index (χ0v) is 8.55. The highest BCUT2D eigenvalue weighted by Crippen LogP contribution is 2.15. The van der Waals surface area contributed by atoms with Crippen LogP contribution in [0.5, 0.6) is 0 Å². The molecule has 0 amide bonds. The van der Waals surface area contributed by atoms with Gasteiger partial charge in [0.15, 0.2) is 5.78 Å². The number of ketones is 1. The molecule has 1 fully saturated rings. The molecule has 76 valence electrons. The van der Waals surface area contributed by atoms with Crippen LogP contribution in [-0.2, 0) is 9.53 Å². The number of ether oxygens (including phenoxy) is 1. The van der Waals surface area contributed by atoms with Crippen molar-refractivity contribution in [3.8, 4) is 0 Å². The Hall–Kier alpha value is -0.370. The van der Waals surface area contributed by atoms with Crippen LogP contribution in [0, 0.1) is 0 Å². The maximum atomic E-state index is 10.9. The van der Waals surface area contributed by atoms with Gasteiger partial charge in [0.2, 0.25) is 0 Å². The second kappa shape index (κ2) is 6.14. The molecule has 1 aliphatic rings. The number of carbonyl (C=O) groups is 1. The van der Waals surface area contributed by atoms with Gasteiger partial charge < -0.3 is 4.74 Å². The number of carbonyl (C=O) groups excluding carboxylic acids is 1. The van der Waals surface area contributed by atoms with Gasteiger partial charge >= 0.3 is 0 Å². The fourth-order valence-corrected chi connectivity index (χ4v) is 1.62. The van der Waals surface area contributed by atoms with Crippen molar-refractivity contribution in [3.05, 3.63) is 0 Å². The van der Waals surface area contributed by atoms with Crippen LogP contribution in [-0.4, -0.2) is 18.5 Å². The van der Waals surface area contributed by atoms with Crippen molar-refractivity contribution in [2.24, 2.45) is 0 Å². The van der Waals surface area contributed by atoms with E-state index in [-0.39, 0.29) is 6.10 Å². The molecule has 2 heteroatoms. The van der Waals surface area contributed by atoms with E-state index in [0.717, 1.165) is 12.8 Å². The molecular formula is C11H20O2. The highest BCUT2D eigenvalue weighted by Gasteiger charge is 2.27. The van der Waals surface area contributed by atoms with E-state index in [1.165, 1.54) is 32.1 Å². The normalized spacial score (nSPS) is 21.6. The molecule has 1 aliphatic heterocycles. The first-order chi connectivity index (χ1) is 6.34. The van der Waals surface area contributed by atoms with Crippen LogP contribution in [0.15, 0.2) is 0 Å². The first-order valence-electron chi connectivity index (χ1n) is 5.49. The van der Waals surface area contributed by atoms with Crippen molar-refractivity contribution in [2.75, 3.05) is 6.61 Å². The lowest BCUT2D eigenvalue weighted by atomic mass is 10.0. The summed E-state index contributed by atoms with van der Waals surface area (Å²) in [6.07, 6.45) is 8.62. The monoisotopic (exact) mass is 184 g/mol. The molecule has 2 nitrogen and oxygen atoms in total. The van der Waals surface area contributed by atoms with Crippen molar-refractivity contribution in [3.63, 3.8) is 0 Å². The van der Waals surface area contributed by atoms with E-state index in [0.29, 0.717) is 12.4 Å². The van der Waals surface area contributed by atoms with Crippen LogP contribution < -0.4 is 0 Å². The number of Topliss-reactive ketones (excluding diaryl/α,β-unsaturated/α-hetero) is 1. The Bertz CT molecular complexity index is 154. The molecule has 1 heterocycles. The van der Waals surface area contributed by atoms with Crippen LogP contribution in [0.25, 0.3) is 0 Å². The van der Waals surface area contributed by atoms with Gasteiger partial charge in [-0.2, -0.15) is 0 Å². The van der Waals surface area contributed by atoms with Gasteiger partial charge in [0.05, 0.1) is 0 Å². The van der Waals surface area contributed by atoms with Gasteiger partial charge in [-0.05, 0) is 6.42 Å². The molecule has 1 atom stereocenters. The molecular weight excluding hydrogens is 164 g/mol. The van der Waals surface area contributed by atoms with E-state index in [9.17, 15) is 4.79 Å². The number of hydrogen-bond donors (Lipinski definition) is 0. The summed E-state index contributed by atoms with van der Waals surface area (Å²) < 4.78 is 5.12. The minimum Gasteiger partial charge on any atom is -0.362 e. The SMILES string of the molecule is CCCCCCCC[C@@H]1OCC1=O. The molecule has 0 aromatic rings. The summed E-state index contributed by atoms with van der Waals surface area (Å²) in [5, 5.41) is 0. The fourth-order valence-electron chi connectivity index (χ4n) is 1.62. The summed E-state index contributed by atoms with van der Waals surface area (Å²) in [5.41, 5.74) is 0. The third-order valence-corrected chi connectivity index (χ3v) is 2.61. The Balaban J connectivity index is 1.81. The first kappa shape index (κ1) is 10.7. The largest absolute Gasteiger partial charge is 0.362 e. The average molecular weight is 184 g/mol. The van der Waals surface area contributed by atoms with Crippen molar-refractivity contribution in [1.82, 2.24) is 0 Å². The molecule has 13 heavy (non-hydrogen) atoms. The van der Waals surface area contributed by atoms with Crippen LogP contribution in [0.3, 0.4) is 0 Å². The molecule has 0 N–H and O–H groups in total. The molecule has 1 rings (SSSR count). The summed E-state index contributed by atoms with van der Waals surface area (Å²) in [6, 6.07) is 0. The van der Waals surface area contributed by atoms with Gasteiger partial charge in [-0.1, -0.05) is 45.4 Å². The van der Waals surface area contributed by atoms with E-state index >= 15 is 0 Å². The predicted octanol–water partition coefficient (Wildman–Crippen LogP) is 2.70. The Kier molecular flexibility index (Phi) is 5.06. The lowest BCUT2D eigenvalue weighted by Gasteiger charge is -2.24. The van der Waals surface area contributed by atoms with Gasteiger partial charge in [0.1, 0.15) is 12.7 Å². The third kappa shape index (κ3) is 3.90. The molecule has 0 aliphatic carbocycles. The molecule has 0 unspecified atom stereocenters. The van der Waals surface area contributed by atoms with Crippen LogP contribution in [0.4, 0.5) is 0 Å². The average Bonchev–Trinajstić information content (AvgIpc) is 2.14. The summed E-state index contributed by atoms with van der Waals surface area (Å²) in [7, 11) is 0. The van der Waals surface area contributed by atoms with E-state index in [1.54, 1.807) is 0 Å². The van der Waals surface area contributed by atoms with E-state index in [2.05, 4.69) is 6.92 Å². The minimum absolute atomic E-state index is 0.0359. The zero-order valence-electron chi connectivity index (χ0n) is 8.55. The zero-order chi connectivity index (χ0) is 9.52. The second-order valence-electron chi connectivity index (χ2n) is 3.82. The fraction of sp³-hybridized carbons (Fsp3) is 0.909. The number of unbranched alkanes of at least 4 members (excludes halogenated alkanes) is 5. The van der Waals surface area contributed by atoms with E-state index < -0.39 is 0 Å². The van der Waals surface area contributed by atoms with Crippen LogP contribution >= 0.6 is 0 Å². The summed E-state index contributed by atoms with van der Waals surface area (Å²) in [4.78, 5) is 10.9. The van der Waals surface area contributed by atoms with Crippen LogP contribution in [0.2, 0.25) is 0 Å². The first-order valence-corrected chi connectivity index (χ1v) is 5.49. The highest BCUT2D eigenvalue weighted by molar-refractivity contribution is 5.88. The molecule has 0 aromatic heterocycles. The topological polar surface area (TPSA) is 26.3 Å². The lowest BCUT2D eigenvalue weighted by molar-refractivity contribution is -0.155. The molecule has 0 radical (unpaired) electrons. The summed E-state index contributed by atoms with van der Waals surface area (Å²) in [5.74, 6) is 0.300. The molecule has 0 bridgehead atoms. The smallest absolute Gasteiger partial charge is 0.187 e. The van der Waals surface area contributed by atoms with E-state index in [1.807, 2.05) is 0 Å². The maximum absolute atomic E-state index is 10.9. The number of rotatable bonds is 7. The van der Waals surface area contributed by atoms with Crippen molar-refractivity contribution < 1.29 is 9.53 Å². The lowest BCUT2D eigenvalue weighted by Crippen LogP contribution is -2.39. The van der Waals surface area contributed by atoms with Gasteiger partial charge in [-0.15, -0.1) is 0 Å².